The lowest BCUT2D eigenvalue weighted by atomic mass is 9.71. The second-order valence-corrected chi connectivity index (χ2v) is 25.8. The van der Waals surface area contributed by atoms with Crippen molar-refractivity contribution in [3.05, 3.63) is 153 Å². The Balaban J connectivity index is 0.000000266. The van der Waals surface area contributed by atoms with Crippen molar-refractivity contribution in [3.8, 4) is 0 Å². The molecule has 0 saturated heterocycles. The molecule has 2 aliphatic rings. The van der Waals surface area contributed by atoms with Crippen LogP contribution in [0.15, 0.2) is 107 Å². The second-order valence-electron chi connectivity index (χ2n) is 23.7. The Hall–Kier alpha value is -8.01. The maximum atomic E-state index is 13.4. The fourth-order valence-corrected chi connectivity index (χ4v) is 11.8. The van der Waals surface area contributed by atoms with E-state index in [0.717, 1.165) is 81.5 Å². The summed E-state index contributed by atoms with van der Waals surface area (Å²) < 4.78 is 14.8. The zero-order valence-corrected chi connectivity index (χ0v) is 49.3. The van der Waals surface area contributed by atoms with Gasteiger partial charge in [0.15, 0.2) is 0 Å². The van der Waals surface area contributed by atoms with Gasteiger partial charge in [-0.25, -0.2) is 29.5 Å². The van der Waals surface area contributed by atoms with Crippen LogP contribution in [0, 0.1) is 22.7 Å². The standard InChI is InChI=1S/C29H38N4O3S.C28H31N5O3S.C4H3NO3.3CH4/c1-28(2,3)20-10-11-22-18(13-20)12-19-15-24(37-26(19)33-22)25(34)32-23(17-8-7-9-21(30)14-17)16-31-27(35)36-29(4,5)6;1-28(2,3)19-7-8-21-17(12-19)11-18-14-23(37-27(18)33-21)24(34)32-22(15-29)16-5-4-6-20(13-16)31-25(35)26-30-9-10-36-26;6-4(7)3-5-1-2-8-3;;;/h7-9,12,14-15,20,23H,10-11,13,16,30H2,1-6H3,(H,31,35)(H,32,34);4-6,9-11,13-14,19,22H,7-8,12,15,29H2,1-3H3,(H,31,35)(H,32,34);1-2H,(H,6,7);3*1H4/t20-,23-;19-,22-;;;;/m11..../s1. The van der Waals surface area contributed by atoms with Crippen LogP contribution < -0.4 is 32.7 Å². The van der Waals surface area contributed by atoms with Gasteiger partial charge in [0.25, 0.3) is 17.7 Å². The maximum Gasteiger partial charge on any atom is 0.407 e. The number of nitrogens with one attached hydrogen (secondary N) is 4. The molecular weight excluding hydrogens is 1120 g/mol. The molecule has 8 aromatic rings. The summed E-state index contributed by atoms with van der Waals surface area (Å²) in [6.45, 7) is 19.6. The summed E-state index contributed by atoms with van der Waals surface area (Å²) in [5.41, 5.74) is 19.6. The highest BCUT2D eigenvalue weighted by atomic mass is 32.1. The summed E-state index contributed by atoms with van der Waals surface area (Å²) in [6.07, 6.45) is 11.0. The average Bonchev–Trinajstić information content (AvgIpc) is 3.11. The lowest BCUT2D eigenvalue weighted by Crippen LogP contribution is -2.40. The normalized spacial score (nSPS) is 15.2. The number of nitrogens with zero attached hydrogens (tertiary/aromatic N) is 4. The SMILES string of the molecule is C.C.C.CC(C)(C)OC(=O)NC[C@@H](NC(=O)c1cc2cc3c(nc2s1)CC[C@@H](C(C)(C)C)C3)c1cccc(N)c1.CC(C)(C)[C@@H]1CCc2nc3sc(C(=O)N[C@H](CN)c4cccc(NC(=O)c5ncco5)c4)cc3cc2C1.O=C(O)c1ncco1. The van der Waals surface area contributed by atoms with Gasteiger partial charge < -0.3 is 51.4 Å². The predicted molar refractivity (Wildman–Crippen MR) is 338 cm³/mol. The number of aromatic carboxylic acids is 1. The van der Waals surface area contributed by atoms with Crippen molar-refractivity contribution >= 4 is 84.3 Å². The van der Waals surface area contributed by atoms with E-state index >= 15 is 0 Å². The van der Waals surface area contributed by atoms with E-state index in [9.17, 15) is 24.0 Å². The number of alkyl carbamates (subject to hydrolysis) is 1. The number of carbonyl (C=O) groups excluding carboxylic acids is 4. The third kappa shape index (κ3) is 18.0. The number of aryl methyl sites for hydroxylation is 2. The third-order valence-electron chi connectivity index (χ3n) is 14.4. The zero-order chi connectivity index (χ0) is 59.1. The first-order valence-corrected chi connectivity index (χ1v) is 28.9. The zero-order valence-electron chi connectivity index (χ0n) is 47.7. The van der Waals surface area contributed by atoms with E-state index in [1.54, 1.807) is 51.1 Å². The molecule has 2 aromatic carbocycles. The van der Waals surface area contributed by atoms with Gasteiger partial charge in [-0.3, -0.25) is 14.4 Å². The van der Waals surface area contributed by atoms with Crippen molar-refractivity contribution in [3.63, 3.8) is 0 Å². The number of hydrogen-bond donors (Lipinski definition) is 7. The van der Waals surface area contributed by atoms with E-state index in [1.807, 2.05) is 30.3 Å². The number of aromatic nitrogens is 4. The first-order valence-electron chi connectivity index (χ1n) is 27.2. The van der Waals surface area contributed by atoms with Crippen LogP contribution in [0.2, 0.25) is 0 Å². The number of thiophene rings is 2. The Kier molecular flexibility index (Phi) is 22.9. The Morgan fingerprint density at radius 3 is 1.61 bits per heavy atom. The molecule has 0 radical (unpaired) electrons. The van der Waals surface area contributed by atoms with Gasteiger partial charge in [0.2, 0.25) is 0 Å². The van der Waals surface area contributed by atoms with E-state index < -0.39 is 35.7 Å². The molecule has 0 spiro atoms. The maximum absolute atomic E-state index is 13.4. The summed E-state index contributed by atoms with van der Waals surface area (Å²) >= 11 is 2.80. The largest absolute Gasteiger partial charge is 0.474 e. The fourth-order valence-electron chi connectivity index (χ4n) is 9.90. The number of carboxylic acids is 1. The summed E-state index contributed by atoms with van der Waals surface area (Å²) in [6, 6.07) is 21.8. The van der Waals surface area contributed by atoms with E-state index in [4.69, 9.17) is 35.7 Å². The lowest BCUT2D eigenvalue weighted by molar-refractivity contribution is 0.0519. The van der Waals surface area contributed by atoms with E-state index in [2.05, 4.69) is 89.3 Å². The molecular formula is C64H84N10O9S2. The number of nitrogen functional groups attached to an aromatic ring is 1. The molecule has 0 aliphatic heterocycles. The van der Waals surface area contributed by atoms with Gasteiger partial charge in [0.05, 0.1) is 34.2 Å². The summed E-state index contributed by atoms with van der Waals surface area (Å²) in [5.74, 6) is -1.06. The predicted octanol–water partition coefficient (Wildman–Crippen LogP) is 13.4. The van der Waals surface area contributed by atoms with Crippen LogP contribution in [-0.4, -0.2) is 73.5 Å². The molecule has 6 aromatic heterocycles. The molecule has 85 heavy (non-hydrogen) atoms. The van der Waals surface area contributed by atoms with Crippen LogP contribution in [0.1, 0.15) is 184 Å². The molecule has 10 rings (SSSR count). The number of oxazole rings is 2. The van der Waals surface area contributed by atoms with Crippen LogP contribution >= 0.6 is 22.7 Å². The Morgan fingerprint density at radius 2 is 1.16 bits per heavy atom. The number of nitrogens with two attached hydrogens (primary N) is 2. The number of rotatable bonds is 12. The number of carbonyl (C=O) groups is 5. The quantitative estimate of drug-likeness (QED) is 0.0560. The van der Waals surface area contributed by atoms with Gasteiger partial charge in [-0.2, -0.15) is 0 Å². The van der Waals surface area contributed by atoms with Crippen LogP contribution in [0.5, 0.6) is 0 Å². The molecule has 2 aliphatic carbocycles. The highest BCUT2D eigenvalue weighted by Gasteiger charge is 2.32. The summed E-state index contributed by atoms with van der Waals surface area (Å²) in [5, 5.41) is 21.7. The molecule has 456 valence electrons. The van der Waals surface area contributed by atoms with Gasteiger partial charge >= 0.3 is 23.9 Å². The molecule has 0 saturated carbocycles. The average molecular weight is 1200 g/mol. The third-order valence-corrected chi connectivity index (χ3v) is 16.5. The van der Waals surface area contributed by atoms with E-state index in [1.165, 1.54) is 58.7 Å². The smallest absolute Gasteiger partial charge is 0.407 e. The van der Waals surface area contributed by atoms with E-state index in [-0.39, 0.29) is 69.8 Å². The van der Waals surface area contributed by atoms with Crippen LogP contribution in [0.4, 0.5) is 16.2 Å². The van der Waals surface area contributed by atoms with Gasteiger partial charge in [0, 0.05) is 46.6 Å². The van der Waals surface area contributed by atoms with E-state index in [0.29, 0.717) is 33.0 Å². The molecule has 21 heteroatoms. The number of benzene rings is 2. The number of pyridine rings is 2. The molecule has 0 fully saturated rings. The Morgan fingerprint density at radius 1 is 0.671 bits per heavy atom. The Labute approximate surface area is 506 Å². The summed E-state index contributed by atoms with van der Waals surface area (Å²) in [7, 11) is 0. The van der Waals surface area contributed by atoms with Crippen molar-refractivity contribution in [1.82, 2.24) is 35.9 Å². The minimum Gasteiger partial charge on any atom is -0.474 e. The second kappa shape index (κ2) is 28.7. The number of carboxylic acid groups (broad SMARTS) is 1. The van der Waals surface area contributed by atoms with Gasteiger partial charge in [0.1, 0.15) is 27.8 Å². The molecule has 4 atom stereocenters. The van der Waals surface area contributed by atoms with Gasteiger partial charge in [-0.1, -0.05) is 88.1 Å². The number of amides is 4. The fraction of sp³-hybridized carbons (Fsp3) is 0.422. The van der Waals surface area contributed by atoms with Crippen molar-refractivity contribution in [1.29, 1.82) is 0 Å². The van der Waals surface area contributed by atoms with Gasteiger partial charge in [-0.15, -0.1) is 22.7 Å². The highest BCUT2D eigenvalue weighted by Crippen LogP contribution is 2.40. The van der Waals surface area contributed by atoms with Crippen LogP contribution in [0.3, 0.4) is 0 Å². The Bertz CT molecular complexity index is 3560. The topological polar surface area (TPSA) is 293 Å². The van der Waals surface area contributed by atoms with Crippen LogP contribution in [-0.2, 0) is 30.4 Å². The lowest BCUT2D eigenvalue weighted by Gasteiger charge is -2.34. The van der Waals surface area contributed by atoms with Gasteiger partial charge in [-0.05, 0) is 153 Å². The highest BCUT2D eigenvalue weighted by molar-refractivity contribution is 7.20. The molecule has 4 amide bonds. The number of ether oxygens (including phenoxy) is 1. The molecule has 19 nitrogen and oxygen atoms in total. The summed E-state index contributed by atoms with van der Waals surface area (Å²) in [4.78, 5) is 81.0. The number of fused-ring (bicyclic) bond motifs is 4. The van der Waals surface area contributed by atoms with Crippen molar-refractivity contribution in [2.24, 2.45) is 28.4 Å². The molecule has 6 heterocycles. The number of hydrogen-bond acceptors (Lipinski definition) is 16. The van der Waals surface area contributed by atoms with Crippen molar-refractivity contribution < 1.29 is 42.7 Å². The first kappa shape index (κ1) is 67.8. The first-order chi connectivity index (χ1) is 38.8. The number of anilines is 2. The molecule has 0 bridgehead atoms. The van der Waals surface area contributed by atoms with Crippen LogP contribution in [0.25, 0.3) is 20.4 Å². The minimum absolute atomic E-state index is 0. The van der Waals surface area contributed by atoms with Crippen molar-refractivity contribution in [2.75, 3.05) is 24.1 Å². The molecule has 9 N–H and O–H groups in total. The van der Waals surface area contributed by atoms with Crippen molar-refractivity contribution in [2.45, 2.75) is 141 Å². The minimum atomic E-state index is -1.14. The molecule has 0 unspecified atom stereocenters. The monoisotopic (exact) mass is 1200 g/mol.